The topological polar surface area (TPSA) is 58.6 Å². The molecule has 0 atom stereocenters. The fourth-order valence-corrected chi connectivity index (χ4v) is 1.34. The Hall–Kier alpha value is -1.97. The molecule has 1 aromatic rings. The third-order valence-corrected chi connectivity index (χ3v) is 2.11. The average Bonchev–Trinajstić information content (AvgIpc) is 2.28. The molecule has 0 amide bonds. The van der Waals surface area contributed by atoms with Gasteiger partial charge in [0.25, 0.3) is 0 Å². The Bertz CT molecular complexity index is 396. The van der Waals surface area contributed by atoms with E-state index >= 15 is 0 Å². The van der Waals surface area contributed by atoms with Crippen LogP contribution in [0.3, 0.4) is 0 Å². The van der Waals surface area contributed by atoms with Crippen LogP contribution in [0.4, 0.5) is 5.69 Å². The predicted molar refractivity (Wildman–Crippen MR) is 67.5 cm³/mol. The van der Waals surface area contributed by atoms with Crippen molar-refractivity contribution >= 4 is 11.7 Å². The number of carboxylic acids is 1. The lowest BCUT2D eigenvalue weighted by Crippen LogP contribution is -2.04. The van der Waals surface area contributed by atoms with Crippen LogP contribution in [0.1, 0.15) is 13.8 Å². The van der Waals surface area contributed by atoms with Crippen molar-refractivity contribution in [3.05, 3.63) is 35.9 Å². The molecule has 4 heteroatoms. The van der Waals surface area contributed by atoms with Gasteiger partial charge in [-0.05, 0) is 43.7 Å². The zero-order chi connectivity index (χ0) is 12.7. The molecule has 1 aromatic carbocycles. The summed E-state index contributed by atoms with van der Waals surface area (Å²) in [5, 5.41) is 11.7. The summed E-state index contributed by atoms with van der Waals surface area (Å²) < 4.78 is 5.32. The van der Waals surface area contributed by atoms with E-state index in [0.29, 0.717) is 13.2 Å². The quantitative estimate of drug-likeness (QED) is 0.744. The molecule has 0 aliphatic heterocycles. The maximum atomic E-state index is 10.4. The highest BCUT2D eigenvalue weighted by Crippen LogP contribution is 2.15. The molecule has 0 aliphatic carbocycles. The molecule has 0 saturated carbocycles. The number of nitrogens with one attached hydrogen (secondary N) is 1. The minimum Gasteiger partial charge on any atom is -0.494 e. The summed E-state index contributed by atoms with van der Waals surface area (Å²) in [6, 6.07) is 7.56. The van der Waals surface area contributed by atoms with Gasteiger partial charge in [0.2, 0.25) is 0 Å². The van der Waals surface area contributed by atoms with E-state index in [2.05, 4.69) is 5.32 Å². The number of hydrogen-bond acceptors (Lipinski definition) is 3. The first-order chi connectivity index (χ1) is 8.11. The number of aliphatic carboxylic acids is 1. The second-order valence-electron chi connectivity index (χ2n) is 3.64. The second-order valence-corrected chi connectivity index (χ2v) is 3.64. The average molecular weight is 235 g/mol. The molecule has 0 radical (unpaired) electrons. The Kier molecular flexibility index (Phi) is 5.07. The smallest absolute Gasteiger partial charge is 0.328 e. The number of anilines is 1. The van der Waals surface area contributed by atoms with Crippen molar-refractivity contribution in [1.29, 1.82) is 0 Å². The Labute approximate surface area is 101 Å². The first-order valence-electron chi connectivity index (χ1n) is 5.48. The largest absolute Gasteiger partial charge is 0.494 e. The minimum atomic E-state index is -0.920. The first-order valence-corrected chi connectivity index (χ1v) is 5.48. The minimum absolute atomic E-state index is 0.514. The van der Waals surface area contributed by atoms with E-state index in [1.807, 2.05) is 31.2 Å². The summed E-state index contributed by atoms with van der Waals surface area (Å²) >= 11 is 0. The molecule has 4 nitrogen and oxygen atoms in total. The summed E-state index contributed by atoms with van der Waals surface area (Å²) in [6.07, 6.45) is 1.20. The Morgan fingerprint density at radius 3 is 2.59 bits per heavy atom. The van der Waals surface area contributed by atoms with E-state index in [0.717, 1.165) is 17.0 Å². The second kappa shape index (κ2) is 6.58. The van der Waals surface area contributed by atoms with Crippen molar-refractivity contribution in [2.45, 2.75) is 13.8 Å². The van der Waals surface area contributed by atoms with Crippen molar-refractivity contribution in [3.63, 3.8) is 0 Å². The van der Waals surface area contributed by atoms with Gasteiger partial charge in [0, 0.05) is 18.3 Å². The van der Waals surface area contributed by atoms with E-state index < -0.39 is 5.97 Å². The Morgan fingerprint density at radius 2 is 2.06 bits per heavy atom. The molecular weight excluding hydrogens is 218 g/mol. The van der Waals surface area contributed by atoms with Crippen LogP contribution in [0.2, 0.25) is 0 Å². The highest BCUT2D eigenvalue weighted by atomic mass is 16.5. The van der Waals surface area contributed by atoms with Crippen LogP contribution >= 0.6 is 0 Å². The normalized spacial score (nSPS) is 11.1. The molecule has 92 valence electrons. The molecule has 0 aliphatic rings. The molecule has 0 bridgehead atoms. The molecule has 0 fully saturated rings. The highest BCUT2D eigenvalue weighted by Gasteiger charge is 1.96. The number of hydrogen-bond donors (Lipinski definition) is 2. The predicted octanol–water partition coefficient (Wildman–Crippen LogP) is 2.53. The molecule has 0 unspecified atom stereocenters. The van der Waals surface area contributed by atoms with Gasteiger partial charge in [-0.25, -0.2) is 4.79 Å². The Balaban J connectivity index is 2.49. The van der Waals surface area contributed by atoms with Crippen molar-refractivity contribution in [3.8, 4) is 5.75 Å². The molecular formula is C13H17NO3. The van der Waals surface area contributed by atoms with E-state index in [1.54, 1.807) is 6.92 Å². The first kappa shape index (κ1) is 13.1. The van der Waals surface area contributed by atoms with Crippen LogP contribution in [0.5, 0.6) is 5.75 Å². The van der Waals surface area contributed by atoms with Gasteiger partial charge >= 0.3 is 5.97 Å². The van der Waals surface area contributed by atoms with Crippen molar-refractivity contribution in [2.75, 3.05) is 18.5 Å². The summed E-state index contributed by atoms with van der Waals surface area (Å²) in [5.41, 5.74) is 1.71. The molecule has 0 aromatic heterocycles. The maximum Gasteiger partial charge on any atom is 0.328 e. The summed E-state index contributed by atoms with van der Waals surface area (Å²) in [5.74, 6) is -0.0909. The highest BCUT2D eigenvalue weighted by molar-refractivity contribution is 5.80. The van der Waals surface area contributed by atoms with Crippen molar-refractivity contribution < 1.29 is 14.6 Å². The summed E-state index contributed by atoms with van der Waals surface area (Å²) in [4.78, 5) is 10.4. The molecule has 0 saturated heterocycles. The fraction of sp³-hybridized carbons (Fsp3) is 0.308. The number of rotatable bonds is 6. The van der Waals surface area contributed by atoms with Crippen LogP contribution in [0, 0.1) is 0 Å². The lowest BCUT2D eigenvalue weighted by Gasteiger charge is -2.07. The zero-order valence-electron chi connectivity index (χ0n) is 10.1. The van der Waals surface area contributed by atoms with Gasteiger partial charge in [-0.2, -0.15) is 0 Å². The molecule has 0 spiro atoms. The third-order valence-electron chi connectivity index (χ3n) is 2.11. The van der Waals surface area contributed by atoms with Crippen LogP contribution < -0.4 is 10.1 Å². The van der Waals surface area contributed by atoms with Gasteiger partial charge < -0.3 is 15.2 Å². The van der Waals surface area contributed by atoms with Gasteiger partial charge in [-0.15, -0.1) is 0 Å². The van der Waals surface area contributed by atoms with Gasteiger partial charge in [0.1, 0.15) is 5.75 Å². The summed E-state index contributed by atoms with van der Waals surface area (Å²) in [6.45, 7) is 4.87. The van der Waals surface area contributed by atoms with Gasteiger partial charge in [-0.1, -0.05) is 0 Å². The van der Waals surface area contributed by atoms with E-state index in [-0.39, 0.29) is 0 Å². The Morgan fingerprint density at radius 1 is 1.41 bits per heavy atom. The van der Waals surface area contributed by atoms with Crippen LogP contribution in [0.15, 0.2) is 35.9 Å². The van der Waals surface area contributed by atoms with Gasteiger partial charge in [0.05, 0.1) is 6.61 Å². The van der Waals surface area contributed by atoms with Crippen LogP contribution in [-0.2, 0) is 4.79 Å². The van der Waals surface area contributed by atoms with Crippen molar-refractivity contribution in [2.24, 2.45) is 0 Å². The fourth-order valence-electron chi connectivity index (χ4n) is 1.34. The third kappa shape index (κ3) is 5.06. The standard InChI is InChI=1S/C13H17NO3/c1-3-17-12-6-4-11(5-7-12)14-9-10(2)8-13(15)16/h4-8,14H,3,9H2,1-2H3,(H,15,16)/b10-8+. The van der Waals surface area contributed by atoms with Crippen LogP contribution in [0.25, 0.3) is 0 Å². The van der Waals surface area contributed by atoms with Gasteiger partial charge in [0.15, 0.2) is 0 Å². The SMILES string of the molecule is CCOc1ccc(NC/C(C)=C/C(=O)O)cc1. The van der Waals surface area contributed by atoms with Gasteiger partial charge in [-0.3, -0.25) is 0 Å². The van der Waals surface area contributed by atoms with E-state index in [9.17, 15) is 4.79 Å². The zero-order valence-corrected chi connectivity index (χ0v) is 10.1. The number of benzene rings is 1. The van der Waals surface area contributed by atoms with Crippen molar-refractivity contribution in [1.82, 2.24) is 0 Å². The van der Waals surface area contributed by atoms with E-state index in [1.165, 1.54) is 6.08 Å². The number of ether oxygens (including phenoxy) is 1. The molecule has 17 heavy (non-hydrogen) atoms. The number of carboxylic acid groups (broad SMARTS) is 1. The number of carbonyl (C=O) groups is 1. The summed E-state index contributed by atoms with van der Waals surface area (Å²) in [7, 11) is 0. The molecule has 1 rings (SSSR count). The van der Waals surface area contributed by atoms with Crippen LogP contribution in [-0.4, -0.2) is 24.2 Å². The lowest BCUT2D eigenvalue weighted by molar-refractivity contribution is -0.131. The monoisotopic (exact) mass is 235 g/mol. The maximum absolute atomic E-state index is 10.4. The van der Waals surface area contributed by atoms with E-state index in [4.69, 9.17) is 9.84 Å². The molecule has 0 heterocycles. The lowest BCUT2D eigenvalue weighted by atomic mass is 10.2. The molecule has 2 N–H and O–H groups in total.